The van der Waals surface area contributed by atoms with Crippen molar-refractivity contribution < 1.29 is 0 Å². The molecule has 0 fully saturated rings. The van der Waals surface area contributed by atoms with Crippen LogP contribution < -0.4 is 0 Å². The van der Waals surface area contributed by atoms with Crippen molar-refractivity contribution in [3.05, 3.63) is 90.5 Å². The molecule has 0 spiro atoms. The number of fused-ring (bicyclic) bond motifs is 4. The van der Waals surface area contributed by atoms with Gasteiger partial charge in [0.25, 0.3) is 0 Å². The number of nitrogens with zero attached hydrogens (tertiary/aromatic N) is 2. The van der Waals surface area contributed by atoms with Gasteiger partial charge >= 0.3 is 0 Å². The summed E-state index contributed by atoms with van der Waals surface area (Å²) in [6.45, 7) is 0.873. The molecule has 0 aliphatic carbocycles. The number of imidazole rings is 1. The van der Waals surface area contributed by atoms with Crippen LogP contribution in [0.1, 0.15) is 5.56 Å². The Kier molecular flexibility index (Phi) is 2.69. The zero-order valence-corrected chi connectivity index (χ0v) is 14.2. The minimum Gasteiger partial charge on any atom is -0.319 e. The molecule has 0 saturated heterocycles. The molecule has 2 nitrogen and oxygen atoms in total. The zero-order chi connectivity index (χ0) is 17.1. The predicted molar refractivity (Wildman–Crippen MR) is 107 cm³/mol. The molecule has 0 atom stereocenters. The summed E-state index contributed by atoms with van der Waals surface area (Å²) in [6.07, 6.45) is 0. The Morgan fingerprint density at radius 1 is 0.731 bits per heavy atom. The van der Waals surface area contributed by atoms with Crippen molar-refractivity contribution in [2.75, 3.05) is 0 Å². The Bertz CT molecular complexity index is 1290. The second-order valence-electron chi connectivity index (χ2n) is 6.91. The normalized spacial score (nSPS) is 12.5. The highest BCUT2D eigenvalue weighted by molar-refractivity contribution is 6.01. The lowest BCUT2D eigenvalue weighted by atomic mass is 9.96. The van der Waals surface area contributed by atoms with Crippen molar-refractivity contribution in [1.29, 1.82) is 0 Å². The van der Waals surface area contributed by atoms with Gasteiger partial charge in [-0.2, -0.15) is 0 Å². The number of hydrogen-bond acceptors (Lipinski definition) is 1. The molecular weight excluding hydrogens is 316 g/mol. The maximum atomic E-state index is 4.97. The average molecular weight is 332 g/mol. The Labute approximate surface area is 151 Å². The number of benzene rings is 4. The Hall–Kier alpha value is -3.39. The van der Waals surface area contributed by atoms with Gasteiger partial charge < -0.3 is 4.57 Å². The van der Waals surface area contributed by atoms with E-state index in [4.69, 9.17) is 4.98 Å². The summed E-state index contributed by atoms with van der Waals surface area (Å²) >= 11 is 0. The summed E-state index contributed by atoms with van der Waals surface area (Å²) in [5, 5.41) is 2.64. The average Bonchev–Trinajstić information content (AvgIpc) is 3.07. The van der Waals surface area contributed by atoms with Gasteiger partial charge in [0.1, 0.15) is 5.82 Å². The van der Waals surface area contributed by atoms with Crippen LogP contribution in [0.5, 0.6) is 0 Å². The topological polar surface area (TPSA) is 17.8 Å². The van der Waals surface area contributed by atoms with Crippen LogP contribution in [0.3, 0.4) is 0 Å². The van der Waals surface area contributed by atoms with E-state index in [-0.39, 0.29) is 0 Å². The molecule has 4 aromatic carbocycles. The smallest absolute Gasteiger partial charge is 0.142 e. The quantitative estimate of drug-likeness (QED) is 0.367. The fourth-order valence-electron chi connectivity index (χ4n) is 4.21. The first-order valence-electron chi connectivity index (χ1n) is 8.95. The van der Waals surface area contributed by atoms with Crippen molar-refractivity contribution in [2.24, 2.45) is 0 Å². The van der Waals surface area contributed by atoms with E-state index in [0.717, 1.165) is 17.9 Å². The van der Waals surface area contributed by atoms with Crippen LogP contribution in [-0.4, -0.2) is 9.55 Å². The molecule has 0 amide bonds. The van der Waals surface area contributed by atoms with E-state index < -0.39 is 0 Å². The van der Waals surface area contributed by atoms with Crippen molar-refractivity contribution in [3.63, 3.8) is 0 Å². The zero-order valence-electron chi connectivity index (χ0n) is 14.2. The highest BCUT2D eigenvalue weighted by atomic mass is 15.1. The van der Waals surface area contributed by atoms with Crippen LogP contribution in [0.2, 0.25) is 0 Å². The first kappa shape index (κ1) is 13.9. The Balaban J connectivity index is 1.65. The summed E-state index contributed by atoms with van der Waals surface area (Å²) in [7, 11) is 0. The molecular formula is C24H16N2. The van der Waals surface area contributed by atoms with Gasteiger partial charge in [-0.05, 0) is 39.6 Å². The molecule has 26 heavy (non-hydrogen) atoms. The predicted octanol–water partition coefficient (Wildman–Crippen LogP) is 5.89. The molecule has 2 heteroatoms. The van der Waals surface area contributed by atoms with Gasteiger partial charge in [-0.15, -0.1) is 0 Å². The van der Waals surface area contributed by atoms with Crippen LogP contribution in [0.4, 0.5) is 0 Å². The van der Waals surface area contributed by atoms with Crippen LogP contribution in [0.15, 0.2) is 84.9 Å². The first-order chi connectivity index (χ1) is 12.9. The maximum absolute atomic E-state index is 4.97. The van der Waals surface area contributed by atoms with Gasteiger partial charge in [-0.3, -0.25) is 0 Å². The molecule has 5 aromatic rings. The summed E-state index contributed by atoms with van der Waals surface area (Å²) in [5.41, 5.74) is 7.34. The minimum absolute atomic E-state index is 0.873. The molecule has 1 aliphatic rings. The number of hydrogen-bond donors (Lipinski definition) is 0. The van der Waals surface area contributed by atoms with E-state index in [1.807, 2.05) is 0 Å². The maximum Gasteiger partial charge on any atom is 0.142 e. The fourth-order valence-corrected chi connectivity index (χ4v) is 4.21. The van der Waals surface area contributed by atoms with Gasteiger partial charge in [0.05, 0.1) is 17.6 Å². The third-order valence-electron chi connectivity index (χ3n) is 5.42. The highest BCUT2D eigenvalue weighted by Gasteiger charge is 2.21. The Morgan fingerprint density at radius 3 is 2.46 bits per heavy atom. The molecule has 0 radical (unpaired) electrons. The second-order valence-corrected chi connectivity index (χ2v) is 6.91. The van der Waals surface area contributed by atoms with Crippen LogP contribution >= 0.6 is 0 Å². The lowest BCUT2D eigenvalue weighted by Gasteiger charge is -2.19. The number of aromatic nitrogens is 2. The van der Waals surface area contributed by atoms with E-state index in [2.05, 4.69) is 89.5 Å². The minimum atomic E-state index is 0.873. The fraction of sp³-hybridized carbons (Fsp3) is 0.0417. The van der Waals surface area contributed by atoms with Crippen molar-refractivity contribution >= 4 is 21.8 Å². The highest BCUT2D eigenvalue weighted by Crippen LogP contribution is 2.38. The van der Waals surface area contributed by atoms with Crippen LogP contribution in [0.25, 0.3) is 44.3 Å². The van der Waals surface area contributed by atoms with E-state index in [1.54, 1.807) is 0 Å². The lowest BCUT2D eigenvalue weighted by molar-refractivity contribution is 0.831. The van der Waals surface area contributed by atoms with E-state index >= 15 is 0 Å². The molecule has 0 unspecified atom stereocenters. The summed E-state index contributed by atoms with van der Waals surface area (Å²) < 4.78 is 2.36. The molecule has 0 bridgehead atoms. The van der Waals surface area contributed by atoms with Crippen molar-refractivity contribution in [1.82, 2.24) is 9.55 Å². The van der Waals surface area contributed by atoms with E-state index in [1.165, 1.54) is 38.5 Å². The standard InChI is InChI=1S/C24H16N2/c1-2-6-16(7-3-1)18-12-13-21-22(14-18)26-15-19-10-4-8-17-9-5-11-20(23(17)19)24(26)25-21/h1-14H,15H2. The largest absolute Gasteiger partial charge is 0.319 e. The van der Waals surface area contributed by atoms with Crippen LogP contribution in [-0.2, 0) is 6.54 Å². The first-order valence-corrected chi connectivity index (χ1v) is 8.95. The van der Waals surface area contributed by atoms with E-state index in [9.17, 15) is 0 Å². The molecule has 6 rings (SSSR count). The third-order valence-corrected chi connectivity index (χ3v) is 5.42. The van der Waals surface area contributed by atoms with Crippen molar-refractivity contribution in [2.45, 2.75) is 6.54 Å². The third kappa shape index (κ3) is 1.84. The second kappa shape index (κ2) is 5.06. The van der Waals surface area contributed by atoms with Gasteiger partial charge in [0.15, 0.2) is 0 Å². The molecule has 1 aromatic heterocycles. The van der Waals surface area contributed by atoms with Crippen molar-refractivity contribution in [3.8, 4) is 22.5 Å². The SMILES string of the molecule is c1ccc(-c2ccc3nc4n(c3c2)Cc2cccc3cccc-4c23)cc1. The van der Waals surface area contributed by atoms with Gasteiger partial charge in [0, 0.05) is 5.56 Å². The number of rotatable bonds is 1. The molecule has 2 heterocycles. The summed E-state index contributed by atoms with van der Waals surface area (Å²) in [6, 6.07) is 30.2. The van der Waals surface area contributed by atoms with Gasteiger partial charge in [-0.1, -0.05) is 72.8 Å². The van der Waals surface area contributed by atoms with E-state index in [0.29, 0.717) is 0 Å². The van der Waals surface area contributed by atoms with Crippen LogP contribution in [0, 0.1) is 0 Å². The molecule has 0 saturated carbocycles. The van der Waals surface area contributed by atoms with Gasteiger partial charge in [0.2, 0.25) is 0 Å². The lowest BCUT2D eigenvalue weighted by Crippen LogP contribution is -2.08. The molecule has 0 N–H and O–H groups in total. The molecule has 1 aliphatic heterocycles. The molecule has 122 valence electrons. The summed E-state index contributed by atoms with van der Waals surface area (Å²) in [5.74, 6) is 1.08. The monoisotopic (exact) mass is 332 g/mol. The summed E-state index contributed by atoms with van der Waals surface area (Å²) in [4.78, 5) is 4.97. The Morgan fingerprint density at radius 2 is 1.58 bits per heavy atom. The van der Waals surface area contributed by atoms with Gasteiger partial charge in [-0.25, -0.2) is 4.98 Å².